The summed E-state index contributed by atoms with van der Waals surface area (Å²) >= 11 is 0. The van der Waals surface area contributed by atoms with E-state index < -0.39 is 97.5 Å². The van der Waals surface area contributed by atoms with Crippen molar-refractivity contribution >= 4 is 39.5 Å². The number of esters is 4. The highest BCUT2D eigenvalue weighted by Gasteiger charge is 2.30. The van der Waals surface area contributed by atoms with Crippen LogP contribution in [0.4, 0.5) is 0 Å². The molecule has 0 bridgehead atoms. The predicted octanol–water partition coefficient (Wildman–Crippen LogP) is 25.1. The van der Waals surface area contributed by atoms with Crippen LogP contribution in [0.25, 0.3) is 0 Å². The fourth-order valence-corrected chi connectivity index (χ4v) is 13.1. The topological polar surface area (TPSA) is 237 Å². The minimum atomic E-state index is -4.98. The number of carbonyl (C=O) groups is 4. The van der Waals surface area contributed by atoms with E-state index >= 15 is 0 Å². The number of allylic oxidation sites excluding steroid dienone is 16. The van der Waals surface area contributed by atoms with Crippen LogP contribution in [0, 0.1) is 0 Å². The fraction of sp³-hybridized carbons (Fsp3) is 0.770. The normalized spacial score (nSPS) is 14.3. The van der Waals surface area contributed by atoms with Crippen molar-refractivity contribution in [1.82, 2.24) is 0 Å². The van der Waals surface area contributed by atoms with Crippen molar-refractivity contribution in [3.05, 3.63) is 97.2 Å². The standard InChI is InChI=1S/C87H154O17P2/c1-5-9-13-17-21-25-29-33-37-39-40-42-46-48-52-56-60-64-68-72-85(90)98-78-83(104-87(92)74-70-66-62-58-54-50-44-36-32-28-24-20-16-12-8-4)80-102-106(95,96)100-76-81(88)75-99-105(93,94)101-79-82(103-86(91)73-69-65-61-57-53-49-43-35-31-27-23-19-15-11-7-3)77-97-84(89)71-67-63-59-55-51-47-45-41-38-34-30-26-22-18-14-10-6-2/h10,14,21-23,25-27,33-35,37-38,40,42-43,81-83,88H,5-9,11-13,15-20,24,28-32,36,39,41,44-80H2,1-4H3,(H,93,94)(H,95,96)/b14-10-,25-21-,26-22-,27-23-,37-33-,38-34-,42-40-,43-35-. The maximum atomic E-state index is 13.1. The zero-order chi connectivity index (χ0) is 77.4. The smallest absolute Gasteiger partial charge is 0.462 e. The molecule has 19 heteroatoms. The highest BCUT2D eigenvalue weighted by atomic mass is 31.2. The molecule has 0 heterocycles. The van der Waals surface area contributed by atoms with Crippen LogP contribution >= 0.6 is 15.6 Å². The molecule has 0 rings (SSSR count). The second kappa shape index (κ2) is 79.1. The van der Waals surface area contributed by atoms with Crippen LogP contribution in [0.3, 0.4) is 0 Å². The van der Waals surface area contributed by atoms with E-state index in [1.807, 2.05) is 0 Å². The Labute approximate surface area is 646 Å². The number of phosphoric acid groups is 2. The molecule has 614 valence electrons. The van der Waals surface area contributed by atoms with Gasteiger partial charge >= 0.3 is 39.5 Å². The molecule has 5 unspecified atom stereocenters. The third-order valence-corrected chi connectivity index (χ3v) is 19.9. The second-order valence-corrected chi connectivity index (χ2v) is 31.3. The number of unbranched alkanes of at least 4 members (excludes halogenated alkanes) is 38. The molecule has 0 saturated heterocycles. The van der Waals surface area contributed by atoms with Gasteiger partial charge in [-0.3, -0.25) is 37.3 Å². The molecular formula is C87H154O17P2. The molecule has 0 aromatic carbocycles. The molecule has 0 saturated carbocycles. The van der Waals surface area contributed by atoms with Gasteiger partial charge in [-0.2, -0.15) is 0 Å². The Balaban J connectivity index is 5.36. The molecule has 0 aromatic heterocycles. The Hall–Kier alpha value is -4.02. The molecular weight excluding hydrogens is 1380 g/mol. The summed E-state index contributed by atoms with van der Waals surface area (Å²) < 4.78 is 68.8. The summed E-state index contributed by atoms with van der Waals surface area (Å²) in [6, 6.07) is 0. The summed E-state index contributed by atoms with van der Waals surface area (Å²) in [7, 11) is -9.97. The van der Waals surface area contributed by atoms with Gasteiger partial charge in [0.15, 0.2) is 12.2 Å². The van der Waals surface area contributed by atoms with E-state index in [9.17, 15) is 43.2 Å². The number of phosphoric ester groups is 2. The van der Waals surface area contributed by atoms with Gasteiger partial charge in [0.25, 0.3) is 0 Å². The van der Waals surface area contributed by atoms with Gasteiger partial charge in [0, 0.05) is 25.7 Å². The maximum absolute atomic E-state index is 13.1. The summed E-state index contributed by atoms with van der Waals surface area (Å²) in [5.74, 6) is -2.19. The van der Waals surface area contributed by atoms with Gasteiger partial charge in [0.05, 0.1) is 26.4 Å². The Morgan fingerprint density at radius 2 is 0.491 bits per heavy atom. The van der Waals surface area contributed by atoms with Gasteiger partial charge in [-0.1, -0.05) is 318 Å². The average Bonchev–Trinajstić information content (AvgIpc) is 0.928. The minimum absolute atomic E-state index is 0.0774. The number of hydrogen-bond acceptors (Lipinski definition) is 15. The first-order valence-corrected chi connectivity index (χ1v) is 45.5. The number of aliphatic hydroxyl groups excluding tert-OH is 1. The van der Waals surface area contributed by atoms with Crippen LogP contribution < -0.4 is 0 Å². The number of ether oxygens (including phenoxy) is 4. The SMILES string of the molecule is CC/C=C\C/C=C\C/C=C\CCCCCCCCCC(=O)OCC(COP(=O)(O)OCC(O)COP(=O)(O)OCC(COC(=O)CCCCCCCC/C=C\C/C=C\C/C=C\CCCCC)OC(=O)CCCCCCCCCCCCCCCCC)OC(=O)CCCCCCC/C=C\C/C=C\CCCCC. The average molecular weight is 1530 g/mol. The van der Waals surface area contributed by atoms with Crippen LogP contribution in [0.5, 0.6) is 0 Å². The Bertz CT molecular complexity index is 2380. The van der Waals surface area contributed by atoms with E-state index in [0.29, 0.717) is 25.7 Å². The van der Waals surface area contributed by atoms with E-state index in [-0.39, 0.29) is 25.7 Å². The zero-order valence-corrected chi connectivity index (χ0v) is 69.1. The number of rotatable bonds is 80. The molecule has 0 spiro atoms. The molecule has 0 amide bonds. The Morgan fingerprint density at radius 3 is 0.774 bits per heavy atom. The van der Waals surface area contributed by atoms with E-state index in [4.69, 9.17) is 37.0 Å². The highest BCUT2D eigenvalue weighted by Crippen LogP contribution is 2.45. The molecule has 106 heavy (non-hydrogen) atoms. The highest BCUT2D eigenvalue weighted by molar-refractivity contribution is 7.47. The van der Waals surface area contributed by atoms with Crippen molar-refractivity contribution in [3.63, 3.8) is 0 Å². The first-order valence-electron chi connectivity index (χ1n) is 42.5. The van der Waals surface area contributed by atoms with Crippen molar-refractivity contribution in [2.75, 3.05) is 39.6 Å². The largest absolute Gasteiger partial charge is 0.472 e. The van der Waals surface area contributed by atoms with Crippen molar-refractivity contribution in [1.29, 1.82) is 0 Å². The summed E-state index contributed by atoms with van der Waals surface area (Å²) in [6.45, 7) is 4.75. The summed E-state index contributed by atoms with van der Waals surface area (Å²) in [5, 5.41) is 10.7. The minimum Gasteiger partial charge on any atom is -0.462 e. The lowest BCUT2D eigenvalue weighted by atomic mass is 10.0. The van der Waals surface area contributed by atoms with Crippen LogP contribution in [0.2, 0.25) is 0 Å². The van der Waals surface area contributed by atoms with Gasteiger partial charge in [-0.15, -0.1) is 0 Å². The van der Waals surface area contributed by atoms with Gasteiger partial charge in [0.2, 0.25) is 0 Å². The van der Waals surface area contributed by atoms with E-state index in [2.05, 4.69) is 125 Å². The fourth-order valence-electron chi connectivity index (χ4n) is 11.6. The molecule has 3 N–H and O–H groups in total. The second-order valence-electron chi connectivity index (χ2n) is 28.4. The number of hydrogen-bond donors (Lipinski definition) is 3. The third kappa shape index (κ3) is 78.1. The molecule has 0 fully saturated rings. The first kappa shape index (κ1) is 102. The number of aliphatic hydroxyl groups is 1. The molecule has 5 atom stereocenters. The Morgan fingerprint density at radius 1 is 0.274 bits per heavy atom. The maximum Gasteiger partial charge on any atom is 0.472 e. The van der Waals surface area contributed by atoms with Gasteiger partial charge in [-0.05, 0) is 128 Å². The molecule has 0 aliphatic heterocycles. The molecule has 0 aliphatic rings. The summed E-state index contributed by atoms with van der Waals surface area (Å²) in [5.41, 5.74) is 0. The van der Waals surface area contributed by atoms with Crippen molar-refractivity contribution in [2.24, 2.45) is 0 Å². The zero-order valence-electron chi connectivity index (χ0n) is 67.3. The predicted molar refractivity (Wildman–Crippen MR) is 436 cm³/mol. The summed E-state index contributed by atoms with van der Waals surface area (Å²) in [6.07, 6.45) is 85.0. The lowest BCUT2D eigenvalue weighted by Gasteiger charge is -2.21. The molecule has 0 radical (unpaired) electrons. The van der Waals surface area contributed by atoms with Crippen LogP contribution in [0.15, 0.2) is 97.2 Å². The quantitative estimate of drug-likeness (QED) is 0.0169. The number of carbonyl (C=O) groups excluding carboxylic acids is 4. The molecule has 17 nitrogen and oxygen atoms in total. The molecule has 0 aliphatic carbocycles. The van der Waals surface area contributed by atoms with Crippen LogP contribution in [-0.2, 0) is 65.4 Å². The molecule has 0 aromatic rings. The van der Waals surface area contributed by atoms with Crippen molar-refractivity contribution in [2.45, 2.75) is 393 Å². The van der Waals surface area contributed by atoms with E-state index in [1.165, 1.54) is 103 Å². The van der Waals surface area contributed by atoms with Crippen molar-refractivity contribution < 1.29 is 80.2 Å². The van der Waals surface area contributed by atoms with Gasteiger partial charge in [0.1, 0.15) is 19.3 Å². The van der Waals surface area contributed by atoms with Gasteiger partial charge in [-0.25, -0.2) is 9.13 Å². The lowest BCUT2D eigenvalue weighted by molar-refractivity contribution is -0.161. The van der Waals surface area contributed by atoms with Crippen LogP contribution in [0.1, 0.15) is 374 Å². The first-order chi connectivity index (χ1) is 51.7. The Kier molecular flexibility index (Phi) is 76.1. The van der Waals surface area contributed by atoms with Gasteiger partial charge < -0.3 is 33.8 Å². The third-order valence-electron chi connectivity index (χ3n) is 18.0. The summed E-state index contributed by atoms with van der Waals surface area (Å²) in [4.78, 5) is 73.2. The van der Waals surface area contributed by atoms with E-state index in [1.54, 1.807) is 0 Å². The lowest BCUT2D eigenvalue weighted by Crippen LogP contribution is -2.30. The monoisotopic (exact) mass is 1530 g/mol. The van der Waals surface area contributed by atoms with E-state index in [0.717, 1.165) is 193 Å². The van der Waals surface area contributed by atoms with Crippen LogP contribution in [-0.4, -0.2) is 96.7 Å². The van der Waals surface area contributed by atoms with Crippen molar-refractivity contribution in [3.8, 4) is 0 Å².